The van der Waals surface area contributed by atoms with Gasteiger partial charge in [0.15, 0.2) is 0 Å². The van der Waals surface area contributed by atoms with Crippen LogP contribution in [0.5, 0.6) is 5.75 Å². The summed E-state index contributed by atoms with van der Waals surface area (Å²) >= 11 is 0. The Kier molecular flexibility index (Phi) is 4.64. The molecule has 0 saturated heterocycles. The van der Waals surface area contributed by atoms with Gasteiger partial charge < -0.3 is 15.0 Å². The lowest BCUT2D eigenvalue weighted by Gasteiger charge is -2.21. The Morgan fingerprint density at radius 2 is 2.12 bits per heavy atom. The van der Waals surface area contributed by atoms with Crippen LogP contribution in [0.2, 0.25) is 0 Å². The van der Waals surface area contributed by atoms with Crippen molar-refractivity contribution in [1.29, 1.82) is 0 Å². The number of fused-ring (bicyclic) bond motifs is 2. The van der Waals surface area contributed by atoms with E-state index in [0.717, 1.165) is 36.3 Å². The molecule has 26 heavy (non-hydrogen) atoms. The summed E-state index contributed by atoms with van der Waals surface area (Å²) < 4.78 is 19.7. The summed E-state index contributed by atoms with van der Waals surface area (Å²) in [6.45, 7) is 3.41. The highest BCUT2D eigenvalue weighted by Gasteiger charge is 2.27. The van der Waals surface area contributed by atoms with Crippen molar-refractivity contribution in [2.45, 2.75) is 38.5 Å². The summed E-state index contributed by atoms with van der Waals surface area (Å²) in [6, 6.07) is 13.1. The van der Waals surface area contributed by atoms with E-state index in [1.807, 2.05) is 24.3 Å². The van der Waals surface area contributed by atoms with E-state index in [0.29, 0.717) is 13.1 Å². The minimum atomic E-state index is -0.262. The van der Waals surface area contributed by atoms with E-state index in [1.54, 1.807) is 17.9 Å². The summed E-state index contributed by atoms with van der Waals surface area (Å²) in [4.78, 5) is 13.6. The minimum absolute atomic E-state index is 0.0236. The maximum Gasteiger partial charge on any atom is 0.219 e. The first-order valence-corrected chi connectivity index (χ1v) is 9.12. The fraction of sp³-hybridized carbons (Fsp3) is 0.381. The maximum atomic E-state index is 13.7. The van der Waals surface area contributed by atoms with Gasteiger partial charge in [0.2, 0.25) is 5.91 Å². The molecule has 0 aromatic heterocycles. The average molecular weight is 354 g/mol. The van der Waals surface area contributed by atoms with Gasteiger partial charge in [-0.15, -0.1) is 0 Å². The smallest absolute Gasteiger partial charge is 0.219 e. The van der Waals surface area contributed by atoms with E-state index in [4.69, 9.17) is 4.74 Å². The third-order valence-electron chi connectivity index (χ3n) is 5.28. The SMILES string of the molecule is CC(=O)N1CC[C@H](NC[C@H]2Cc3ccccc3O2)c2ccc(F)cc2C1. The summed E-state index contributed by atoms with van der Waals surface area (Å²) in [7, 11) is 0. The van der Waals surface area contributed by atoms with Crippen LogP contribution in [0.1, 0.15) is 36.1 Å². The zero-order valence-corrected chi connectivity index (χ0v) is 14.9. The second kappa shape index (κ2) is 7.08. The molecular weight excluding hydrogens is 331 g/mol. The molecule has 0 unspecified atom stereocenters. The molecule has 1 amide bonds. The van der Waals surface area contributed by atoms with Gasteiger partial charge in [-0.2, -0.15) is 0 Å². The summed E-state index contributed by atoms with van der Waals surface area (Å²) in [5, 5.41) is 3.59. The van der Waals surface area contributed by atoms with Gasteiger partial charge in [0, 0.05) is 39.0 Å². The largest absolute Gasteiger partial charge is 0.488 e. The van der Waals surface area contributed by atoms with Crippen LogP contribution >= 0.6 is 0 Å². The third kappa shape index (κ3) is 3.44. The Morgan fingerprint density at radius 3 is 2.92 bits per heavy atom. The van der Waals surface area contributed by atoms with Gasteiger partial charge in [0.25, 0.3) is 0 Å². The molecule has 0 saturated carbocycles. The van der Waals surface area contributed by atoms with E-state index < -0.39 is 0 Å². The highest BCUT2D eigenvalue weighted by Crippen LogP contribution is 2.30. The Labute approximate surface area is 153 Å². The number of rotatable bonds is 3. The number of nitrogens with zero attached hydrogens (tertiary/aromatic N) is 1. The lowest BCUT2D eigenvalue weighted by atomic mass is 9.98. The van der Waals surface area contributed by atoms with Crippen LogP contribution in [-0.4, -0.2) is 30.0 Å². The van der Waals surface area contributed by atoms with Gasteiger partial charge >= 0.3 is 0 Å². The predicted octanol–water partition coefficient (Wildman–Crippen LogP) is 3.21. The van der Waals surface area contributed by atoms with Crippen molar-refractivity contribution in [3.05, 3.63) is 65.0 Å². The Hall–Kier alpha value is -2.40. The second-order valence-electron chi connectivity index (χ2n) is 7.08. The molecule has 2 heterocycles. The van der Waals surface area contributed by atoms with Gasteiger partial charge in [-0.25, -0.2) is 4.39 Å². The molecule has 0 bridgehead atoms. The van der Waals surface area contributed by atoms with Crippen LogP contribution in [-0.2, 0) is 17.8 Å². The molecule has 0 radical (unpaired) electrons. The van der Waals surface area contributed by atoms with Crippen molar-refractivity contribution in [2.75, 3.05) is 13.1 Å². The topological polar surface area (TPSA) is 41.6 Å². The second-order valence-corrected chi connectivity index (χ2v) is 7.08. The van der Waals surface area contributed by atoms with Gasteiger partial charge in [0.05, 0.1) is 0 Å². The molecule has 2 atom stereocenters. The van der Waals surface area contributed by atoms with Crippen LogP contribution in [0.25, 0.3) is 0 Å². The van der Waals surface area contributed by atoms with Crippen molar-refractivity contribution >= 4 is 5.91 Å². The van der Waals surface area contributed by atoms with Crippen molar-refractivity contribution in [3.63, 3.8) is 0 Å². The number of nitrogens with one attached hydrogen (secondary N) is 1. The summed E-state index contributed by atoms with van der Waals surface area (Å²) in [6.07, 6.45) is 1.80. The van der Waals surface area contributed by atoms with E-state index >= 15 is 0 Å². The van der Waals surface area contributed by atoms with Crippen LogP contribution in [0.4, 0.5) is 4.39 Å². The predicted molar refractivity (Wildman–Crippen MR) is 97.4 cm³/mol. The molecule has 2 aromatic carbocycles. The number of ether oxygens (including phenoxy) is 1. The molecule has 2 aliphatic rings. The average Bonchev–Trinajstić information content (AvgIpc) is 2.95. The number of carbonyl (C=O) groups excluding carboxylic acids is 1. The first-order chi connectivity index (χ1) is 12.6. The highest BCUT2D eigenvalue weighted by molar-refractivity contribution is 5.73. The van der Waals surface area contributed by atoms with E-state index in [1.165, 1.54) is 11.6 Å². The number of amides is 1. The maximum absolute atomic E-state index is 13.7. The summed E-state index contributed by atoms with van der Waals surface area (Å²) in [5.41, 5.74) is 3.20. The van der Waals surface area contributed by atoms with Crippen LogP contribution in [0.3, 0.4) is 0 Å². The van der Waals surface area contributed by atoms with Crippen LogP contribution < -0.4 is 10.1 Å². The zero-order valence-electron chi connectivity index (χ0n) is 14.9. The monoisotopic (exact) mass is 354 g/mol. The van der Waals surface area contributed by atoms with E-state index in [-0.39, 0.29) is 23.9 Å². The van der Waals surface area contributed by atoms with Gasteiger partial charge in [-0.3, -0.25) is 4.79 Å². The molecule has 2 aliphatic heterocycles. The molecule has 4 nitrogen and oxygen atoms in total. The molecule has 136 valence electrons. The standard InChI is InChI=1S/C21H23FN2O2/c1-14(25)24-9-8-20(19-7-6-17(22)10-16(19)13-24)23-12-18-11-15-4-2-3-5-21(15)26-18/h2-7,10,18,20,23H,8-9,11-13H2,1H3/t18-,20+/m1/s1. The quantitative estimate of drug-likeness (QED) is 0.920. The Bertz CT molecular complexity index is 798. The van der Waals surface area contributed by atoms with Crippen LogP contribution in [0, 0.1) is 5.82 Å². The fourth-order valence-corrected chi connectivity index (χ4v) is 3.90. The van der Waals surface area contributed by atoms with Gasteiger partial charge in [0.1, 0.15) is 17.7 Å². The normalized spacial score (nSPS) is 21.5. The molecule has 0 fully saturated rings. The van der Waals surface area contributed by atoms with Crippen molar-refractivity contribution < 1.29 is 13.9 Å². The third-order valence-corrected chi connectivity index (χ3v) is 5.28. The van der Waals surface area contributed by atoms with Crippen molar-refractivity contribution in [1.82, 2.24) is 10.2 Å². The van der Waals surface area contributed by atoms with E-state index in [2.05, 4.69) is 11.4 Å². The Balaban J connectivity index is 1.48. The number of para-hydroxylation sites is 1. The van der Waals surface area contributed by atoms with E-state index in [9.17, 15) is 9.18 Å². The highest BCUT2D eigenvalue weighted by atomic mass is 19.1. The molecule has 5 heteroatoms. The summed E-state index contributed by atoms with van der Waals surface area (Å²) in [5.74, 6) is 0.725. The fourth-order valence-electron chi connectivity index (χ4n) is 3.90. The zero-order chi connectivity index (χ0) is 18.1. The molecule has 2 aromatic rings. The molecular formula is C21H23FN2O2. The first-order valence-electron chi connectivity index (χ1n) is 9.12. The number of benzene rings is 2. The first kappa shape index (κ1) is 17.0. The molecule has 4 rings (SSSR count). The lowest BCUT2D eigenvalue weighted by Crippen LogP contribution is -2.34. The van der Waals surface area contributed by atoms with Gasteiger partial charge in [-0.1, -0.05) is 24.3 Å². The van der Waals surface area contributed by atoms with Gasteiger partial charge in [-0.05, 0) is 41.3 Å². The molecule has 0 aliphatic carbocycles. The molecule has 0 spiro atoms. The van der Waals surface area contributed by atoms with Crippen molar-refractivity contribution in [3.8, 4) is 5.75 Å². The number of hydrogen-bond acceptors (Lipinski definition) is 3. The lowest BCUT2D eigenvalue weighted by molar-refractivity contribution is -0.129. The number of carbonyl (C=O) groups is 1. The molecule has 1 N–H and O–H groups in total. The number of halogens is 1. The number of hydrogen-bond donors (Lipinski definition) is 1. The minimum Gasteiger partial charge on any atom is -0.488 e. The van der Waals surface area contributed by atoms with Crippen LogP contribution in [0.15, 0.2) is 42.5 Å². The van der Waals surface area contributed by atoms with Crippen molar-refractivity contribution in [2.24, 2.45) is 0 Å². The Morgan fingerprint density at radius 1 is 1.27 bits per heavy atom.